The molecule has 0 saturated carbocycles. The molecule has 1 aromatic carbocycles. The van der Waals surface area contributed by atoms with Crippen LogP contribution in [0.15, 0.2) is 35.3 Å². The Hall–Kier alpha value is -0.900. The molecule has 1 aromatic rings. The van der Waals surface area contributed by atoms with Gasteiger partial charge in [0.1, 0.15) is 6.10 Å². The maximum absolute atomic E-state index is 6.04. The number of benzene rings is 1. The molecule has 0 aliphatic carbocycles. The minimum absolute atomic E-state index is 0. The molecule has 3 saturated heterocycles. The molecule has 0 aromatic heterocycles. The number of aliphatic imine (C=N–C) groups is 1. The monoisotopic (exact) mass is 528 g/mol. The van der Waals surface area contributed by atoms with Crippen molar-refractivity contribution in [2.75, 3.05) is 52.5 Å². The van der Waals surface area contributed by atoms with Crippen LogP contribution in [-0.4, -0.2) is 80.4 Å². The van der Waals surface area contributed by atoms with Crippen molar-refractivity contribution in [3.8, 4) is 0 Å². The molecule has 6 nitrogen and oxygen atoms in total. The van der Waals surface area contributed by atoms with Crippen molar-refractivity contribution >= 4 is 29.9 Å². The number of halogens is 1. The third-order valence-corrected chi connectivity index (χ3v) is 6.29. The predicted octanol–water partition coefficient (Wildman–Crippen LogP) is 3.29. The second-order valence-electron chi connectivity index (χ2n) is 8.27. The number of rotatable bonds is 6. The predicted molar refractivity (Wildman–Crippen MR) is 132 cm³/mol. The topological polar surface area (TPSA) is 49.3 Å². The van der Waals surface area contributed by atoms with Gasteiger partial charge in [-0.2, -0.15) is 0 Å². The number of morpholine rings is 1. The van der Waals surface area contributed by atoms with Crippen molar-refractivity contribution < 1.29 is 9.47 Å². The zero-order chi connectivity index (χ0) is 19.9. The third kappa shape index (κ3) is 6.08. The molecule has 30 heavy (non-hydrogen) atoms. The maximum atomic E-state index is 6.04. The van der Waals surface area contributed by atoms with E-state index in [0.717, 1.165) is 58.2 Å². The standard InChI is InChI=1S/C23H36N4O2.HI/c1-2-24-23(27-14-16-29-22(18-27)21-11-8-15-28-21)25-17-20(26-12-6-7-13-26)19-9-4-3-5-10-19;/h3-5,9-10,20-22H,2,6-8,11-18H2,1H3,(H,24,25);1H. The number of nitrogens with zero attached hydrogens (tertiary/aromatic N) is 3. The van der Waals surface area contributed by atoms with Gasteiger partial charge in [0.25, 0.3) is 0 Å². The maximum Gasteiger partial charge on any atom is 0.194 e. The van der Waals surface area contributed by atoms with Gasteiger partial charge in [-0.25, -0.2) is 0 Å². The second-order valence-corrected chi connectivity index (χ2v) is 8.27. The van der Waals surface area contributed by atoms with Crippen LogP contribution in [0.3, 0.4) is 0 Å². The fourth-order valence-electron chi connectivity index (χ4n) is 4.75. The van der Waals surface area contributed by atoms with E-state index < -0.39 is 0 Å². The highest BCUT2D eigenvalue weighted by molar-refractivity contribution is 14.0. The molecule has 168 valence electrons. The van der Waals surface area contributed by atoms with Crippen molar-refractivity contribution in [3.63, 3.8) is 0 Å². The van der Waals surface area contributed by atoms with Crippen LogP contribution in [-0.2, 0) is 9.47 Å². The lowest BCUT2D eigenvalue weighted by molar-refractivity contribution is -0.0817. The molecule has 3 unspecified atom stereocenters. The van der Waals surface area contributed by atoms with Crippen LogP contribution in [0.25, 0.3) is 0 Å². The molecule has 0 spiro atoms. The van der Waals surface area contributed by atoms with Crippen LogP contribution < -0.4 is 5.32 Å². The van der Waals surface area contributed by atoms with Gasteiger partial charge < -0.3 is 19.7 Å². The number of guanidine groups is 1. The Balaban J connectivity index is 0.00000256. The Labute approximate surface area is 198 Å². The lowest BCUT2D eigenvalue weighted by Gasteiger charge is -2.37. The molecule has 0 bridgehead atoms. The van der Waals surface area contributed by atoms with E-state index in [-0.39, 0.29) is 36.2 Å². The summed E-state index contributed by atoms with van der Waals surface area (Å²) in [5.41, 5.74) is 1.37. The molecule has 1 N–H and O–H groups in total. The molecule has 3 fully saturated rings. The molecular weight excluding hydrogens is 491 g/mol. The fraction of sp³-hybridized carbons (Fsp3) is 0.696. The van der Waals surface area contributed by atoms with Gasteiger partial charge in [0.2, 0.25) is 0 Å². The van der Waals surface area contributed by atoms with Crippen LogP contribution >= 0.6 is 24.0 Å². The number of ether oxygens (including phenoxy) is 2. The van der Waals surface area contributed by atoms with Crippen LogP contribution in [0.1, 0.15) is 44.2 Å². The van der Waals surface area contributed by atoms with E-state index in [1.807, 2.05) is 0 Å². The highest BCUT2D eigenvalue weighted by atomic mass is 127. The third-order valence-electron chi connectivity index (χ3n) is 6.29. The summed E-state index contributed by atoms with van der Waals surface area (Å²) in [6.45, 7) is 9.49. The first-order chi connectivity index (χ1) is 14.3. The Kier molecular flexibility index (Phi) is 9.67. The van der Waals surface area contributed by atoms with Gasteiger partial charge in [0.05, 0.1) is 25.3 Å². The number of nitrogens with one attached hydrogen (secondary N) is 1. The highest BCUT2D eigenvalue weighted by Gasteiger charge is 2.32. The van der Waals surface area contributed by atoms with Gasteiger partial charge in [0.15, 0.2) is 5.96 Å². The molecule has 3 aliphatic rings. The fourth-order valence-corrected chi connectivity index (χ4v) is 4.75. The van der Waals surface area contributed by atoms with E-state index in [1.54, 1.807) is 0 Å². The van der Waals surface area contributed by atoms with E-state index in [4.69, 9.17) is 14.5 Å². The van der Waals surface area contributed by atoms with Crippen molar-refractivity contribution in [1.29, 1.82) is 0 Å². The smallest absolute Gasteiger partial charge is 0.194 e. The minimum atomic E-state index is 0. The van der Waals surface area contributed by atoms with Gasteiger partial charge in [-0.3, -0.25) is 9.89 Å². The molecule has 3 aliphatic heterocycles. The zero-order valence-corrected chi connectivity index (χ0v) is 20.5. The van der Waals surface area contributed by atoms with Crippen molar-refractivity contribution in [1.82, 2.24) is 15.1 Å². The van der Waals surface area contributed by atoms with Crippen molar-refractivity contribution in [3.05, 3.63) is 35.9 Å². The summed E-state index contributed by atoms with van der Waals surface area (Å²) >= 11 is 0. The van der Waals surface area contributed by atoms with Crippen LogP contribution in [0.2, 0.25) is 0 Å². The lowest BCUT2D eigenvalue weighted by atomic mass is 10.1. The number of likely N-dealkylation sites (tertiary alicyclic amines) is 1. The highest BCUT2D eigenvalue weighted by Crippen LogP contribution is 2.26. The van der Waals surface area contributed by atoms with Crippen LogP contribution in [0.5, 0.6) is 0 Å². The summed E-state index contributed by atoms with van der Waals surface area (Å²) in [5.74, 6) is 1.01. The van der Waals surface area contributed by atoms with Gasteiger partial charge in [-0.15, -0.1) is 24.0 Å². The quantitative estimate of drug-likeness (QED) is 0.349. The van der Waals surface area contributed by atoms with Crippen LogP contribution in [0, 0.1) is 0 Å². The second kappa shape index (κ2) is 12.2. The lowest BCUT2D eigenvalue weighted by Crippen LogP contribution is -2.53. The van der Waals surface area contributed by atoms with Gasteiger partial charge in [0, 0.05) is 26.2 Å². The van der Waals surface area contributed by atoms with E-state index in [9.17, 15) is 0 Å². The molecule has 3 heterocycles. The molecular formula is C23H37IN4O2. The molecule has 0 radical (unpaired) electrons. The minimum Gasteiger partial charge on any atom is -0.375 e. The average Bonchev–Trinajstić information content (AvgIpc) is 3.49. The van der Waals surface area contributed by atoms with Gasteiger partial charge in [-0.05, 0) is 51.3 Å². The Morgan fingerprint density at radius 1 is 1.07 bits per heavy atom. The average molecular weight is 528 g/mol. The summed E-state index contributed by atoms with van der Waals surface area (Å²) < 4.78 is 11.9. The van der Waals surface area contributed by atoms with Crippen LogP contribution in [0.4, 0.5) is 0 Å². The summed E-state index contributed by atoms with van der Waals surface area (Å²) in [4.78, 5) is 10.1. The normalized spacial score (nSPS) is 26.4. The van der Waals surface area contributed by atoms with E-state index in [0.29, 0.717) is 6.04 Å². The van der Waals surface area contributed by atoms with E-state index in [2.05, 4.69) is 52.4 Å². The number of hydrogen-bond donors (Lipinski definition) is 1. The summed E-state index contributed by atoms with van der Waals surface area (Å²) in [5, 5.41) is 3.52. The largest absolute Gasteiger partial charge is 0.375 e. The molecule has 7 heteroatoms. The van der Waals surface area contributed by atoms with Crippen molar-refractivity contribution in [2.24, 2.45) is 4.99 Å². The van der Waals surface area contributed by atoms with Gasteiger partial charge in [-0.1, -0.05) is 30.3 Å². The first kappa shape index (κ1) is 23.8. The number of hydrogen-bond acceptors (Lipinski definition) is 4. The first-order valence-corrected chi connectivity index (χ1v) is 11.4. The zero-order valence-electron chi connectivity index (χ0n) is 18.2. The van der Waals surface area contributed by atoms with E-state index in [1.165, 1.54) is 31.5 Å². The summed E-state index contributed by atoms with van der Waals surface area (Å²) in [6, 6.07) is 11.2. The first-order valence-electron chi connectivity index (χ1n) is 11.4. The Morgan fingerprint density at radius 3 is 2.53 bits per heavy atom. The molecule has 3 atom stereocenters. The Morgan fingerprint density at radius 2 is 1.83 bits per heavy atom. The molecule has 4 rings (SSSR count). The SMILES string of the molecule is CCNC(=NCC(c1ccccc1)N1CCCC1)N1CCOC(C2CCCO2)C1.I. The molecule has 0 amide bonds. The Bertz CT molecular complexity index is 648. The van der Waals surface area contributed by atoms with E-state index >= 15 is 0 Å². The summed E-state index contributed by atoms with van der Waals surface area (Å²) in [7, 11) is 0. The van der Waals surface area contributed by atoms with Gasteiger partial charge >= 0.3 is 0 Å². The summed E-state index contributed by atoms with van der Waals surface area (Å²) in [6.07, 6.45) is 5.23. The van der Waals surface area contributed by atoms with Crippen molar-refractivity contribution in [2.45, 2.75) is 50.9 Å².